The maximum Gasteiger partial charge on any atom is 0.394 e. The average Bonchev–Trinajstić information content (AvgIpc) is 2.69. The summed E-state index contributed by atoms with van der Waals surface area (Å²) in [5, 5.41) is 11.4. The molecule has 116 valence electrons. The number of hydrogen-bond acceptors (Lipinski definition) is 2. The summed E-state index contributed by atoms with van der Waals surface area (Å²) < 4.78 is 38.3. The predicted octanol–water partition coefficient (Wildman–Crippen LogP) is 1.94. The van der Waals surface area contributed by atoms with E-state index in [0.29, 0.717) is 6.54 Å². The first-order valence-electron chi connectivity index (χ1n) is 6.24. The van der Waals surface area contributed by atoms with Gasteiger partial charge in [0.25, 0.3) is 0 Å². The summed E-state index contributed by atoms with van der Waals surface area (Å²) in [4.78, 5) is 23.6. The molecule has 0 aromatic carbocycles. The number of nitrogens with zero attached hydrogens (tertiary/aromatic N) is 1. The van der Waals surface area contributed by atoms with Gasteiger partial charge >= 0.3 is 18.2 Å². The van der Waals surface area contributed by atoms with Gasteiger partial charge in [0, 0.05) is 19.6 Å². The van der Waals surface area contributed by atoms with Crippen LogP contribution in [0, 0.1) is 17.3 Å². The highest BCUT2D eigenvalue weighted by molar-refractivity contribution is 5.77. The Kier molecular flexibility index (Phi) is 4.55. The van der Waals surface area contributed by atoms with Crippen molar-refractivity contribution >= 4 is 12.0 Å². The number of carboxylic acids is 1. The minimum atomic E-state index is -4.62. The van der Waals surface area contributed by atoms with Crippen LogP contribution in [0.25, 0.3) is 0 Å². The minimum Gasteiger partial charge on any atom is -0.481 e. The molecule has 0 unspecified atom stereocenters. The van der Waals surface area contributed by atoms with Gasteiger partial charge in [-0.1, -0.05) is 20.8 Å². The van der Waals surface area contributed by atoms with E-state index in [-0.39, 0.29) is 5.41 Å². The van der Waals surface area contributed by atoms with E-state index in [0.717, 1.165) is 4.90 Å². The van der Waals surface area contributed by atoms with Gasteiger partial charge in [0.2, 0.25) is 0 Å². The Morgan fingerprint density at radius 1 is 1.25 bits per heavy atom. The SMILES string of the molecule is CC(C)(C)CNC(=O)N1C[C@@H](C(F)(F)F)[C@H](C(=O)O)C1. The van der Waals surface area contributed by atoms with Crippen molar-refractivity contribution in [3.8, 4) is 0 Å². The van der Waals surface area contributed by atoms with Crippen molar-refractivity contribution in [3.05, 3.63) is 0 Å². The van der Waals surface area contributed by atoms with Crippen molar-refractivity contribution < 1.29 is 27.9 Å². The summed E-state index contributed by atoms with van der Waals surface area (Å²) in [7, 11) is 0. The van der Waals surface area contributed by atoms with Crippen LogP contribution < -0.4 is 5.32 Å². The van der Waals surface area contributed by atoms with Gasteiger partial charge in [0.15, 0.2) is 0 Å². The molecule has 0 aromatic heterocycles. The Bertz CT molecular complexity index is 390. The largest absolute Gasteiger partial charge is 0.481 e. The molecular formula is C12H19F3N2O3. The average molecular weight is 296 g/mol. The number of urea groups is 1. The van der Waals surface area contributed by atoms with E-state index in [1.807, 2.05) is 20.8 Å². The van der Waals surface area contributed by atoms with Crippen molar-refractivity contribution in [3.63, 3.8) is 0 Å². The van der Waals surface area contributed by atoms with Crippen molar-refractivity contribution in [2.75, 3.05) is 19.6 Å². The van der Waals surface area contributed by atoms with E-state index >= 15 is 0 Å². The van der Waals surface area contributed by atoms with Crippen molar-refractivity contribution in [2.45, 2.75) is 26.9 Å². The second-order valence-electron chi connectivity index (χ2n) is 6.22. The molecule has 1 rings (SSSR count). The number of nitrogens with one attached hydrogen (secondary N) is 1. The number of alkyl halides is 3. The molecule has 0 bridgehead atoms. The van der Waals surface area contributed by atoms with Gasteiger partial charge in [0.05, 0.1) is 11.8 Å². The third kappa shape index (κ3) is 4.28. The van der Waals surface area contributed by atoms with Crippen molar-refractivity contribution in [1.29, 1.82) is 0 Å². The van der Waals surface area contributed by atoms with Crippen LogP contribution in [0.5, 0.6) is 0 Å². The van der Waals surface area contributed by atoms with Crippen LogP contribution in [0.15, 0.2) is 0 Å². The highest BCUT2D eigenvalue weighted by Gasteiger charge is 2.53. The van der Waals surface area contributed by atoms with Crippen molar-refractivity contribution in [2.24, 2.45) is 17.3 Å². The first-order chi connectivity index (χ1) is 8.92. The fraction of sp³-hybridized carbons (Fsp3) is 0.833. The summed E-state index contributed by atoms with van der Waals surface area (Å²) in [5.41, 5.74) is -0.203. The van der Waals surface area contributed by atoms with E-state index in [4.69, 9.17) is 5.11 Å². The van der Waals surface area contributed by atoms with Crippen LogP contribution in [0.2, 0.25) is 0 Å². The van der Waals surface area contributed by atoms with E-state index in [9.17, 15) is 22.8 Å². The first kappa shape index (κ1) is 16.6. The molecule has 0 spiro atoms. The molecular weight excluding hydrogens is 277 g/mol. The van der Waals surface area contributed by atoms with Gasteiger partial charge in [-0.2, -0.15) is 13.2 Å². The summed E-state index contributed by atoms with van der Waals surface area (Å²) in [5.74, 6) is -5.14. The number of hydrogen-bond donors (Lipinski definition) is 2. The minimum absolute atomic E-state index is 0.203. The highest BCUT2D eigenvalue weighted by atomic mass is 19.4. The number of halogens is 3. The third-order valence-corrected chi connectivity index (χ3v) is 3.11. The topological polar surface area (TPSA) is 69.6 Å². The van der Waals surface area contributed by atoms with Crippen LogP contribution in [0.4, 0.5) is 18.0 Å². The molecule has 0 radical (unpaired) electrons. The lowest BCUT2D eigenvalue weighted by atomic mass is 9.96. The van der Waals surface area contributed by atoms with Crippen LogP contribution in [0.1, 0.15) is 20.8 Å². The molecule has 2 atom stereocenters. The summed E-state index contributed by atoms with van der Waals surface area (Å²) in [6, 6.07) is -0.655. The Labute approximate surface area is 115 Å². The second-order valence-corrected chi connectivity index (χ2v) is 6.22. The van der Waals surface area contributed by atoms with E-state index in [1.165, 1.54) is 0 Å². The number of aliphatic carboxylic acids is 1. The molecule has 0 saturated carbocycles. The Hall–Kier alpha value is -1.47. The number of amides is 2. The Morgan fingerprint density at radius 2 is 1.80 bits per heavy atom. The fourth-order valence-electron chi connectivity index (χ4n) is 2.00. The zero-order valence-electron chi connectivity index (χ0n) is 11.6. The smallest absolute Gasteiger partial charge is 0.394 e. The molecule has 1 heterocycles. The predicted molar refractivity (Wildman–Crippen MR) is 65.1 cm³/mol. The monoisotopic (exact) mass is 296 g/mol. The van der Waals surface area contributed by atoms with E-state index < -0.39 is 43.1 Å². The van der Waals surface area contributed by atoms with Gasteiger partial charge in [-0.25, -0.2) is 4.79 Å². The maximum absolute atomic E-state index is 12.8. The number of carboxylic acid groups (broad SMARTS) is 1. The van der Waals surface area contributed by atoms with E-state index in [1.54, 1.807) is 0 Å². The van der Waals surface area contributed by atoms with Gasteiger partial charge in [-0.05, 0) is 5.41 Å². The zero-order chi connectivity index (χ0) is 15.7. The summed E-state index contributed by atoms with van der Waals surface area (Å²) in [6.07, 6.45) is -4.62. The van der Waals surface area contributed by atoms with Crippen LogP contribution >= 0.6 is 0 Å². The molecule has 1 fully saturated rings. The second kappa shape index (κ2) is 5.49. The Morgan fingerprint density at radius 3 is 2.15 bits per heavy atom. The standard InChI is InChI=1S/C12H19F3N2O3/c1-11(2,3)6-16-10(20)17-4-7(9(18)19)8(5-17)12(13,14)15/h7-8H,4-6H2,1-3H3,(H,16,20)(H,18,19)/t7-,8-/m1/s1. The lowest BCUT2D eigenvalue weighted by Crippen LogP contribution is -2.42. The quantitative estimate of drug-likeness (QED) is 0.818. The van der Waals surface area contributed by atoms with E-state index in [2.05, 4.69) is 5.32 Å². The molecule has 8 heteroatoms. The van der Waals surface area contributed by atoms with Crippen LogP contribution in [-0.2, 0) is 4.79 Å². The van der Waals surface area contributed by atoms with Crippen molar-refractivity contribution in [1.82, 2.24) is 10.2 Å². The number of likely N-dealkylation sites (tertiary alicyclic amines) is 1. The molecule has 20 heavy (non-hydrogen) atoms. The number of carbonyl (C=O) groups excluding carboxylic acids is 1. The number of rotatable bonds is 2. The zero-order valence-corrected chi connectivity index (χ0v) is 11.6. The van der Waals surface area contributed by atoms with Gasteiger partial charge < -0.3 is 15.3 Å². The number of carbonyl (C=O) groups is 2. The van der Waals surface area contributed by atoms with Crippen LogP contribution in [0.3, 0.4) is 0 Å². The highest BCUT2D eigenvalue weighted by Crippen LogP contribution is 2.37. The molecule has 2 N–H and O–H groups in total. The maximum atomic E-state index is 12.8. The van der Waals surface area contributed by atoms with Gasteiger partial charge in [-0.15, -0.1) is 0 Å². The van der Waals surface area contributed by atoms with Gasteiger partial charge in [-0.3, -0.25) is 4.79 Å². The lowest BCUT2D eigenvalue weighted by molar-refractivity contribution is -0.187. The Balaban J connectivity index is 2.71. The molecule has 1 aliphatic rings. The molecule has 1 aliphatic heterocycles. The molecule has 5 nitrogen and oxygen atoms in total. The summed E-state index contributed by atoms with van der Waals surface area (Å²) in [6.45, 7) is 4.88. The summed E-state index contributed by atoms with van der Waals surface area (Å²) >= 11 is 0. The fourth-order valence-corrected chi connectivity index (χ4v) is 2.00. The normalized spacial score (nSPS) is 23.8. The lowest BCUT2D eigenvalue weighted by Gasteiger charge is -2.23. The molecule has 2 amide bonds. The third-order valence-electron chi connectivity index (χ3n) is 3.11. The van der Waals surface area contributed by atoms with Crippen LogP contribution in [-0.4, -0.2) is 47.8 Å². The first-order valence-corrected chi connectivity index (χ1v) is 6.24. The van der Waals surface area contributed by atoms with Gasteiger partial charge in [0.1, 0.15) is 0 Å². The molecule has 1 saturated heterocycles. The molecule has 0 aliphatic carbocycles. The molecule has 0 aromatic rings.